The van der Waals surface area contributed by atoms with Gasteiger partial charge in [0, 0.05) is 30.5 Å². The van der Waals surface area contributed by atoms with Crippen LogP contribution in [0.2, 0.25) is 0 Å². The SMILES string of the molecule is O=C(NC1CCCCC1)[C@@H]1CCCN(C(=O)[C@H]2C[C@H]2[N+](=O)[O-])C1. The second kappa shape index (κ2) is 6.84. The van der Waals surface area contributed by atoms with Gasteiger partial charge in [-0.2, -0.15) is 0 Å². The number of amides is 2. The molecule has 3 atom stereocenters. The van der Waals surface area contributed by atoms with Crippen molar-refractivity contribution in [2.75, 3.05) is 13.1 Å². The number of hydrogen-bond donors (Lipinski definition) is 1. The highest BCUT2D eigenvalue weighted by Crippen LogP contribution is 2.35. The van der Waals surface area contributed by atoms with E-state index in [-0.39, 0.29) is 28.7 Å². The fraction of sp³-hybridized carbons (Fsp3) is 0.875. The highest BCUT2D eigenvalue weighted by molar-refractivity contribution is 5.84. The van der Waals surface area contributed by atoms with Gasteiger partial charge in [0.15, 0.2) is 0 Å². The van der Waals surface area contributed by atoms with Gasteiger partial charge in [-0.15, -0.1) is 0 Å². The van der Waals surface area contributed by atoms with Gasteiger partial charge >= 0.3 is 0 Å². The van der Waals surface area contributed by atoms with Crippen LogP contribution >= 0.6 is 0 Å². The minimum absolute atomic E-state index is 0.0519. The molecule has 2 amide bonds. The van der Waals surface area contributed by atoms with Crippen molar-refractivity contribution < 1.29 is 14.5 Å². The second-order valence-electron chi connectivity index (χ2n) is 7.16. The summed E-state index contributed by atoms with van der Waals surface area (Å²) in [6.07, 6.45) is 7.63. The molecule has 3 fully saturated rings. The molecule has 7 nitrogen and oxygen atoms in total. The maximum absolute atomic E-state index is 12.4. The predicted molar refractivity (Wildman–Crippen MR) is 83.2 cm³/mol. The van der Waals surface area contributed by atoms with Crippen LogP contribution in [0.1, 0.15) is 51.4 Å². The minimum atomic E-state index is -0.709. The van der Waals surface area contributed by atoms with Crippen LogP contribution in [0.15, 0.2) is 0 Å². The number of likely N-dealkylation sites (tertiary alicyclic amines) is 1. The lowest BCUT2D eigenvalue weighted by atomic mass is 9.93. The van der Waals surface area contributed by atoms with Crippen LogP contribution in [0.5, 0.6) is 0 Å². The predicted octanol–water partition coefficient (Wildman–Crippen LogP) is 1.34. The summed E-state index contributed by atoms with van der Waals surface area (Å²) in [6, 6.07) is -0.427. The third kappa shape index (κ3) is 3.82. The van der Waals surface area contributed by atoms with Gasteiger partial charge in [-0.05, 0) is 25.7 Å². The van der Waals surface area contributed by atoms with E-state index < -0.39 is 12.0 Å². The van der Waals surface area contributed by atoms with Crippen LogP contribution in [0.4, 0.5) is 0 Å². The fourth-order valence-electron chi connectivity index (χ4n) is 3.87. The van der Waals surface area contributed by atoms with Crippen molar-refractivity contribution in [2.45, 2.75) is 63.5 Å². The van der Waals surface area contributed by atoms with E-state index in [0.29, 0.717) is 19.5 Å². The molecule has 2 aliphatic carbocycles. The molecular formula is C16H25N3O4. The quantitative estimate of drug-likeness (QED) is 0.624. The summed E-state index contributed by atoms with van der Waals surface area (Å²) in [6.45, 7) is 1.03. The van der Waals surface area contributed by atoms with Gasteiger partial charge < -0.3 is 10.2 Å². The van der Waals surface area contributed by atoms with Gasteiger partial charge in [0.05, 0.1) is 5.92 Å². The van der Waals surface area contributed by atoms with E-state index in [9.17, 15) is 19.7 Å². The summed E-state index contributed by atoms with van der Waals surface area (Å²) in [5.41, 5.74) is 0. The van der Waals surface area contributed by atoms with Gasteiger partial charge in [-0.25, -0.2) is 0 Å². The van der Waals surface area contributed by atoms with E-state index in [1.54, 1.807) is 4.90 Å². The van der Waals surface area contributed by atoms with Gasteiger partial charge in [-0.3, -0.25) is 19.7 Å². The standard InChI is InChI=1S/C16H25N3O4/c20-15(17-12-6-2-1-3-7-12)11-5-4-8-18(10-11)16(21)13-9-14(13)19(22)23/h11-14H,1-10H2,(H,17,20)/t11-,13+,14-/m1/s1. The molecule has 0 unspecified atom stereocenters. The molecule has 3 aliphatic rings. The summed E-state index contributed by atoms with van der Waals surface area (Å²) >= 11 is 0. The van der Waals surface area contributed by atoms with E-state index >= 15 is 0 Å². The highest BCUT2D eigenvalue weighted by Gasteiger charge is 2.55. The Morgan fingerprint density at radius 2 is 1.83 bits per heavy atom. The zero-order valence-electron chi connectivity index (χ0n) is 13.4. The molecule has 0 bridgehead atoms. The number of nitrogens with one attached hydrogen (secondary N) is 1. The third-order valence-corrected chi connectivity index (χ3v) is 5.40. The Labute approximate surface area is 135 Å². The second-order valence-corrected chi connectivity index (χ2v) is 7.16. The van der Waals surface area contributed by atoms with Crippen molar-refractivity contribution in [1.29, 1.82) is 0 Å². The van der Waals surface area contributed by atoms with Crippen molar-refractivity contribution in [1.82, 2.24) is 10.2 Å². The molecule has 2 saturated carbocycles. The van der Waals surface area contributed by atoms with Crippen LogP contribution in [-0.4, -0.2) is 46.8 Å². The molecule has 128 valence electrons. The summed E-state index contributed by atoms with van der Waals surface area (Å²) in [7, 11) is 0. The molecule has 0 aromatic heterocycles. The number of hydrogen-bond acceptors (Lipinski definition) is 4. The maximum Gasteiger partial charge on any atom is 0.232 e. The molecule has 1 heterocycles. The summed E-state index contributed by atoms with van der Waals surface area (Å²) in [5, 5.41) is 13.9. The normalized spacial score (nSPS) is 31.5. The van der Waals surface area contributed by atoms with Crippen molar-refractivity contribution in [3.05, 3.63) is 10.1 Å². The molecule has 3 rings (SSSR count). The van der Waals surface area contributed by atoms with Gasteiger partial charge in [0.2, 0.25) is 17.9 Å². The minimum Gasteiger partial charge on any atom is -0.353 e. The van der Waals surface area contributed by atoms with Crippen LogP contribution in [0.25, 0.3) is 0 Å². The van der Waals surface area contributed by atoms with Crippen molar-refractivity contribution in [3.63, 3.8) is 0 Å². The van der Waals surface area contributed by atoms with Crippen LogP contribution in [0.3, 0.4) is 0 Å². The van der Waals surface area contributed by atoms with Crippen LogP contribution in [0, 0.1) is 22.0 Å². The van der Waals surface area contributed by atoms with Gasteiger partial charge in [-0.1, -0.05) is 19.3 Å². The summed E-state index contributed by atoms with van der Waals surface area (Å²) in [5.74, 6) is -0.717. The first-order chi connectivity index (χ1) is 11.1. The molecule has 7 heteroatoms. The molecule has 1 N–H and O–H groups in total. The molecular weight excluding hydrogens is 298 g/mol. The van der Waals surface area contributed by atoms with Gasteiger partial charge in [0.25, 0.3) is 0 Å². The van der Waals surface area contributed by atoms with Crippen LogP contribution < -0.4 is 5.32 Å². The first-order valence-electron chi connectivity index (χ1n) is 8.79. The Morgan fingerprint density at radius 1 is 1.09 bits per heavy atom. The highest BCUT2D eigenvalue weighted by atomic mass is 16.6. The van der Waals surface area contributed by atoms with E-state index in [0.717, 1.165) is 25.7 Å². The molecule has 0 radical (unpaired) electrons. The zero-order valence-corrected chi connectivity index (χ0v) is 13.4. The first-order valence-corrected chi connectivity index (χ1v) is 8.79. The van der Waals surface area contributed by atoms with E-state index in [2.05, 4.69) is 5.32 Å². The van der Waals surface area contributed by atoms with Crippen LogP contribution in [-0.2, 0) is 9.59 Å². The number of nitro groups is 1. The number of carbonyl (C=O) groups excluding carboxylic acids is 2. The van der Waals surface area contributed by atoms with E-state index in [4.69, 9.17) is 0 Å². The number of rotatable bonds is 4. The Bertz CT molecular complexity index is 490. The lowest BCUT2D eigenvalue weighted by molar-refractivity contribution is -0.497. The fourth-order valence-corrected chi connectivity index (χ4v) is 3.87. The zero-order chi connectivity index (χ0) is 16.4. The van der Waals surface area contributed by atoms with Crippen molar-refractivity contribution >= 4 is 11.8 Å². The Morgan fingerprint density at radius 3 is 2.48 bits per heavy atom. The Hall–Kier alpha value is -1.66. The number of nitrogens with zero attached hydrogens (tertiary/aromatic N) is 2. The van der Waals surface area contributed by atoms with Gasteiger partial charge in [0.1, 0.15) is 5.92 Å². The average molecular weight is 323 g/mol. The van der Waals surface area contributed by atoms with E-state index in [1.165, 1.54) is 19.3 Å². The molecule has 1 aliphatic heterocycles. The Kier molecular flexibility index (Phi) is 4.82. The molecule has 0 spiro atoms. The summed E-state index contributed by atoms with van der Waals surface area (Å²) < 4.78 is 0. The topological polar surface area (TPSA) is 92.6 Å². The monoisotopic (exact) mass is 323 g/mol. The lowest BCUT2D eigenvalue weighted by Crippen LogP contribution is -2.48. The third-order valence-electron chi connectivity index (χ3n) is 5.40. The molecule has 1 saturated heterocycles. The van der Waals surface area contributed by atoms with Crippen molar-refractivity contribution in [2.24, 2.45) is 11.8 Å². The molecule has 23 heavy (non-hydrogen) atoms. The summed E-state index contributed by atoms with van der Waals surface area (Å²) in [4.78, 5) is 36.8. The lowest BCUT2D eigenvalue weighted by Gasteiger charge is -2.33. The average Bonchev–Trinajstić information content (AvgIpc) is 3.36. The number of carbonyl (C=O) groups is 2. The molecule has 0 aromatic carbocycles. The maximum atomic E-state index is 12.4. The number of piperidine rings is 1. The smallest absolute Gasteiger partial charge is 0.232 e. The Balaban J connectivity index is 1.50. The van der Waals surface area contributed by atoms with Crippen molar-refractivity contribution in [3.8, 4) is 0 Å². The molecule has 0 aromatic rings. The largest absolute Gasteiger partial charge is 0.353 e. The van der Waals surface area contributed by atoms with E-state index in [1.807, 2.05) is 0 Å². The first kappa shape index (κ1) is 16.2.